The Balaban J connectivity index is 1.59. The first kappa shape index (κ1) is 19.2. The molecule has 3 aromatic rings. The number of rotatable bonds is 3. The lowest BCUT2D eigenvalue weighted by molar-refractivity contribution is 0.00578. The third-order valence-electron chi connectivity index (χ3n) is 5.78. The fourth-order valence-corrected chi connectivity index (χ4v) is 4.25. The van der Waals surface area contributed by atoms with Gasteiger partial charge in [0, 0.05) is 10.4 Å². The first-order valence-corrected chi connectivity index (χ1v) is 10.2. The van der Waals surface area contributed by atoms with Crippen LogP contribution in [0.15, 0.2) is 48.5 Å². The zero-order chi connectivity index (χ0) is 20.1. The molecule has 1 aliphatic rings. The van der Waals surface area contributed by atoms with E-state index in [4.69, 9.17) is 9.31 Å². The van der Waals surface area contributed by atoms with E-state index in [1.54, 1.807) is 0 Å². The summed E-state index contributed by atoms with van der Waals surface area (Å²) in [6.45, 7) is 10.1. The molecule has 0 saturated carbocycles. The normalized spacial score (nSPS) is 17.8. The quantitative estimate of drug-likeness (QED) is 0.653. The Morgan fingerprint density at radius 3 is 2.36 bits per heavy atom. The van der Waals surface area contributed by atoms with Gasteiger partial charge < -0.3 is 14.6 Å². The maximum atomic E-state index is 12.8. The highest BCUT2D eigenvalue weighted by Gasteiger charge is 2.52. The third-order valence-corrected chi connectivity index (χ3v) is 6.90. The Bertz CT molecular complexity index is 1010. The van der Waals surface area contributed by atoms with E-state index in [1.165, 1.54) is 11.3 Å². The summed E-state index contributed by atoms with van der Waals surface area (Å²) in [5.74, 6) is -0.102. The maximum Gasteiger partial charge on any atom is 0.495 e. The number of carbonyl (C=O) groups is 1. The van der Waals surface area contributed by atoms with Gasteiger partial charge in [-0.25, -0.2) is 0 Å². The number of benzene rings is 2. The Hall–Kier alpha value is -2.15. The van der Waals surface area contributed by atoms with Crippen LogP contribution in [0.2, 0.25) is 0 Å². The summed E-state index contributed by atoms with van der Waals surface area (Å²) in [5, 5.41) is 4.14. The molecule has 0 unspecified atom stereocenters. The smallest absolute Gasteiger partial charge is 0.399 e. The number of anilines is 1. The van der Waals surface area contributed by atoms with Crippen molar-refractivity contribution in [1.29, 1.82) is 0 Å². The number of hydrogen-bond acceptors (Lipinski definition) is 4. The number of carbonyl (C=O) groups excluding carboxylic acids is 1. The second-order valence-electron chi connectivity index (χ2n) is 8.21. The van der Waals surface area contributed by atoms with Crippen LogP contribution in [0.25, 0.3) is 10.1 Å². The molecule has 2 heterocycles. The molecule has 0 aliphatic carbocycles. The predicted octanol–water partition coefficient (Wildman–Crippen LogP) is 4.76. The van der Waals surface area contributed by atoms with E-state index in [9.17, 15) is 4.79 Å². The van der Waals surface area contributed by atoms with Crippen LogP contribution in [0, 0.1) is 6.92 Å². The van der Waals surface area contributed by atoms with E-state index in [-0.39, 0.29) is 5.91 Å². The molecule has 4 nitrogen and oxygen atoms in total. The summed E-state index contributed by atoms with van der Waals surface area (Å²) in [4.78, 5) is 13.5. The van der Waals surface area contributed by atoms with Gasteiger partial charge in [0.05, 0.1) is 16.1 Å². The summed E-state index contributed by atoms with van der Waals surface area (Å²) in [7, 11) is -0.453. The molecule has 1 saturated heterocycles. The van der Waals surface area contributed by atoms with Crippen molar-refractivity contribution in [3.8, 4) is 0 Å². The summed E-state index contributed by atoms with van der Waals surface area (Å²) < 4.78 is 13.5. The number of hydrogen-bond donors (Lipinski definition) is 1. The molecule has 1 aliphatic heterocycles. The molecule has 1 aromatic heterocycles. The average molecular weight is 393 g/mol. The second-order valence-corrected chi connectivity index (χ2v) is 9.29. The van der Waals surface area contributed by atoms with Gasteiger partial charge in [-0.05, 0) is 69.2 Å². The van der Waals surface area contributed by atoms with Crippen LogP contribution >= 0.6 is 11.3 Å². The molecule has 6 heteroatoms. The molecule has 1 N–H and O–H groups in total. The van der Waals surface area contributed by atoms with Crippen molar-refractivity contribution in [2.45, 2.75) is 45.8 Å². The summed E-state index contributed by atoms with van der Waals surface area (Å²) in [6, 6.07) is 15.8. The Kier molecular flexibility index (Phi) is 4.61. The molecule has 4 rings (SSSR count). The Morgan fingerprint density at radius 2 is 1.68 bits per heavy atom. The van der Waals surface area contributed by atoms with E-state index < -0.39 is 18.3 Å². The maximum absolute atomic E-state index is 12.8. The van der Waals surface area contributed by atoms with E-state index in [2.05, 4.69) is 5.32 Å². The summed E-state index contributed by atoms with van der Waals surface area (Å²) in [6.07, 6.45) is 0. The van der Waals surface area contributed by atoms with Gasteiger partial charge in [0.15, 0.2) is 0 Å². The fraction of sp³-hybridized carbons (Fsp3) is 0.318. The van der Waals surface area contributed by atoms with Crippen molar-refractivity contribution < 1.29 is 14.1 Å². The van der Waals surface area contributed by atoms with Gasteiger partial charge in [-0.2, -0.15) is 0 Å². The summed E-state index contributed by atoms with van der Waals surface area (Å²) in [5.41, 5.74) is 1.86. The molecular weight excluding hydrogens is 369 g/mol. The zero-order valence-corrected chi connectivity index (χ0v) is 17.6. The number of fused-ring (bicyclic) bond motifs is 1. The molecule has 0 spiro atoms. The van der Waals surface area contributed by atoms with Gasteiger partial charge in [0.25, 0.3) is 5.91 Å². The molecule has 144 valence electrons. The average Bonchev–Trinajstić information content (AvgIpc) is 3.15. The molecule has 1 fully saturated rings. The SMILES string of the molecule is Cc1c(NC(=O)c2cc3ccccc3s2)cccc1B1OC(C)(C)C(C)(C)O1. The lowest BCUT2D eigenvalue weighted by Crippen LogP contribution is -2.41. The number of thiophene rings is 1. The second kappa shape index (κ2) is 6.73. The lowest BCUT2D eigenvalue weighted by atomic mass is 9.76. The Morgan fingerprint density at radius 1 is 1.00 bits per heavy atom. The Labute approximate surface area is 170 Å². The lowest BCUT2D eigenvalue weighted by Gasteiger charge is -2.32. The highest BCUT2D eigenvalue weighted by Crippen LogP contribution is 2.37. The van der Waals surface area contributed by atoms with E-state index in [0.717, 1.165) is 26.8 Å². The largest absolute Gasteiger partial charge is 0.495 e. The molecule has 28 heavy (non-hydrogen) atoms. The van der Waals surface area contributed by atoms with Crippen LogP contribution in [0.5, 0.6) is 0 Å². The highest BCUT2D eigenvalue weighted by atomic mass is 32.1. The first-order valence-electron chi connectivity index (χ1n) is 9.43. The third kappa shape index (κ3) is 3.26. The zero-order valence-electron chi connectivity index (χ0n) is 16.8. The topological polar surface area (TPSA) is 47.6 Å². The van der Waals surface area contributed by atoms with Crippen molar-refractivity contribution in [2.24, 2.45) is 0 Å². The number of amides is 1. The van der Waals surface area contributed by atoms with Gasteiger partial charge in [-0.15, -0.1) is 11.3 Å². The molecule has 0 atom stereocenters. The van der Waals surface area contributed by atoms with Crippen LogP contribution in [0.4, 0.5) is 5.69 Å². The number of nitrogens with one attached hydrogen (secondary N) is 1. The molecule has 0 bridgehead atoms. The van der Waals surface area contributed by atoms with Crippen molar-refractivity contribution in [2.75, 3.05) is 5.32 Å². The van der Waals surface area contributed by atoms with Crippen molar-refractivity contribution in [1.82, 2.24) is 0 Å². The molecular formula is C22H24BNO3S. The summed E-state index contributed by atoms with van der Waals surface area (Å²) >= 11 is 1.50. The van der Waals surface area contributed by atoms with Crippen molar-refractivity contribution in [3.05, 3.63) is 59.0 Å². The van der Waals surface area contributed by atoms with Crippen LogP contribution in [-0.2, 0) is 9.31 Å². The van der Waals surface area contributed by atoms with Crippen LogP contribution in [0.1, 0.15) is 42.9 Å². The van der Waals surface area contributed by atoms with Gasteiger partial charge in [-0.1, -0.05) is 30.3 Å². The standard InChI is InChI=1S/C22H24BNO3S/c1-14-16(23-26-21(2,3)22(4,5)27-23)10-8-11-17(14)24-20(25)19-13-15-9-6-7-12-18(15)28-19/h6-13H,1-5H3,(H,24,25). The van der Waals surface area contributed by atoms with E-state index >= 15 is 0 Å². The van der Waals surface area contributed by atoms with E-state index in [1.807, 2.05) is 83.1 Å². The molecule has 2 aromatic carbocycles. The van der Waals surface area contributed by atoms with E-state index in [0.29, 0.717) is 4.88 Å². The van der Waals surface area contributed by atoms with Gasteiger partial charge in [-0.3, -0.25) is 4.79 Å². The van der Waals surface area contributed by atoms with Gasteiger partial charge in [0.2, 0.25) is 0 Å². The van der Waals surface area contributed by atoms with Crippen molar-refractivity contribution >= 4 is 45.6 Å². The van der Waals surface area contributed by atoms with Crippen LogP contribution in [-0.4, -0.2) is 24.2 Å². The van der Waals surface area contributed by atoms with Crippen molar-refractivity contribution in [3.63, 3.8) is 0 Å². The minimum Gasteiger partial charge on any atom is -0.399 e. The molecule has 0 radical (unpaired) electrons. The molecule has 1 amide bonds. The monoisotopic (exact) mass is 393 g/mol. The first-order chi connectivity index (χ1) is 13.2. The van der Waals surface area contributed by atoms with Gasteiger partial charge in [0.1, 0.15) is 0 Å². The highest BCUT2D eigenvalue weighted by molar-refractivity contribution is 7.20. The van der Waals surface area contributed by atoms with Gasteiger partial charge >= 0.3 is 7.12 Å². The predicted molar refractivity (Wildman–Crippen MR) is 117 cm³/mol. The fourth-order valence-electron chi connectivity index (χ4n) is 3.29. The minimum absolute atomic E-state index is 0.102. The minimum atomic E-state index is -0.453. The van der Waals surface area contributed by atoms with Crippen LogP contribution < -0.4 is 10.8 Å². The van der Waals surface area contributed by atoms with Crippen LogP contribution in [0.3, 0.4) is 0 Å².